The van der Waals surface area contributed by atoms with Crippen molar-refractivity contribution in [2.75, 3.05) is 0 Å². The quantitative estimate of drug-likeness (QED) is 0.607. The molecule has 0 saturated heterocycles. The van der Waals surface area contributed by atoms with E-state index in [2.05, 4.69) is 32.9 Å². The fraction of sp³-hybridized carbons (Fsp3) is 0.462. The predicted octanol–water partition coefficient (Wildman–Crippen LogP) is 3.95. The van der Waals surface area contributed by atoms with Gasteiger partial charge in [0, 0.05) is 28.2 Å². The molecule has 0 bridgehead atoms. The third kappa shape index (κ3) is 2.80. The highest BCUT2D eigenvalue weighted by molar-refractivity contribution is 14.1. The summed E-state index contributed by atoms with van der Waals surface area (Å²) in [5, 5.41) is 0. The molecule has 0 N–H and O–H groups in total. The number of aryl methyl sites for hydroxylation is 3. The fourth-order valence-corrected chi connectivity index (χ4v) is 2.55. The third-order valence-electron chi connectivity index (χ3n) is 2.73. The molecule has 0 aliphatic rings. The maximum absolute atomic E-state index is 11.6. The van der Waals surface area contributed by atoms with Crippen molar-refractivity contribution in [3.63, 3.8) is 0 Å². The lowest BCUT2D eigenvalue weighted by molar-refractivity contribution is 0.110. The van der Waals surface area contributed by atoms with Gasteiger partial charge < -0.3 is 0 Å². The molecule has 0 saturated carbocycles. The summed E-state index contributed by atoms with van der Waals surface area (Å²) in [5.74, 6) is 0. The lowest BCUT2D eigenvalue weighted by atomic mass is 9.94. The molecule has 0 heterocycles. The zero-order valence-electron chi connectivity index (χ0n) is 9.56. The fourth-order valence-electron chi connectivity index (χ4n) is 1.85. The van der Waals surface area contributed by atoms with Crippen molar-refractivity contribution in [3.8, 4) is 0 Å². The summed E-state index contributed by atoms with van der Waals surface area (Å²) in [6.45, 7) is 6.37. The van der Waals surface area contributed by atoms with Gasteiger partial charge >= 0.3 is 0 Å². The van der Waals surface area contributed by atoms with E-state index in [0.29, 0.717) is 0 Å². The minimum Gasteiger partial charge on any atom is -0.282 e. The molecule has 1 aromatic rings. The number of rotatable bonds is 4. The highest BCUT2D eigenvalue weighted by Crippen LogP contribution is 2.22. The van der Waals surface area contributed by atoms with Crippen molar-refractivity contribution in [3.05, 3.63) is 34.4 Å². The minimum atomic E-state index is 0.170. The van der Waals surface area contributed by atoms with Crippen molar-refractivity contribution in [1.82, 2.24) is 0 Å². The Morgan fingerprint density at radius 3 is 1.80 bits per heavy atom. The Balaban J connectivity index is 3.39. The topological polar surface area (TPSA) is 17.1 Å². The molecule has 0 aliphatic carbocycles. The summed E-state index contributed by atoms with van der Waals surface area (Å²) in [7, 11) is 0. The van der Waals surface area contributed by atoms with Crippen LogP contribution < -0.4 is 0 Å². The summed E-state index contributed by atoms with van der Waals surface area (Å²) in [5.41, 5.74) is 4.68. The second-order valence-corrected chi connectivity index (χ2v) is 4.60. The summed E-state index contributed by atoms with van der Waals surface area (Å²) >= 11 is 1.89. The highest BCUT2D eigenvalue weighted by atomic mass is 127. The summed E-state index contributed by atoms with van der Waals surface area (Å²) in [6.07, 6.45) is 2.91. The Hall–Kier alpha value is -0.380. The van der Waals surface area contributed by atoms with Crippen molar-refractivity contribution in [1.29, 1.82) is 0 Å². The van der Waals surface area contributed by atoms with Crippen molar-refractivity contribution >= 4 is 26.4 Å². The van der Waals surface area contributed by atoms with Crippen LogP contribution in [0.3, 0.4) is 0 Å². The van der Waals surface area contributed by atoms with Crippen LogP contribution in [0.2, 0.25) is 0 Å². The second kappa shape index (κ2) is 5.64. The molecule has 82 valence electrons. The van der Waals surface area contributed by atoms with Crippen LogP contribution in [0.15, 0.2) is 12.1 Å². The zero-order valence-corrected chi connectivity index (χ0v) is 11.7. The first-order valence-corrected chi connectivity index (χ1v) is 6.56. The maximum Gasteiger partial charge on any atom is 0.222 e. The molecule has 1 rings (SSSR count). The number of benzene rings is 1. The van der Waals surface area contributed by atoms with E-state index in [9.17, 15) is 4.79 Å². The van der Waals surface area contributed by atoms with E-state index in [0.717, 1.165) is 24.8 Å². The first-order chi connectivity index (χ1) is 7.13. The molecule has 0 atom stereocenters. The van der Waals surface area contributed by atoms with Gasteiger partial charge in [-0.2, -0.15) is 0 Å². The van der Waals surface area contributed by atoms with Gasteiger partial charge in [-0.25, -0.2) is 0 Å². The number of carbonyl (C=O) groups is 1. The van der Waals surface area contributed by atoms with Crippen LogP contribution in [0.4, 0.5) is 0 Å². The monoisotopic (exact) mass is 316 g/mol. The maximum atomic E-state index is 11.6. The zero-order chi connectivity index (χ0) is 11.4. The number of halogens is 1. The van der Waals surface area contributed by atoms with E-state index in [1.807, 2.05) is 22.6 Å². The molecule has 1 nitrogen and oxygen atoms in total. The standard InChI is InChI=1S/C13H17IO/c1-4-9-7-10(5-2)12(13(14)15)11(6-3)8-9/h7-8H,4-6H2,1-3H3. The molecule has 1 aromatic carbocycles. The highest BCUT2D eigenvalue weighted by Gasteiger charge is 2.13. The van der Waals surface area contributed by atoms with Gasteiger partial charge in [0.05, 0.1) is 0 Å². The van der Waals surface area contributed by atoms with E-state index < -0.39 is 0 Å². The van der Waals surface area contributed by atoms with Crippen LogP contribution in [0.25, 0.3) is 0 Å². The Kier molecular flexibility index (Phi) is 4.77. The molecule has 0 amide bonds. The SMILES string of the molecule is CCc1cc(CC)c(C(=O)I)c(CC)c1. The Labute approximate surface area is 105 Å². The largest absolute Gasteiger partial charge is 0.282 e. The Bertz CT molecular complexity index is 344. The van der Waals surface area contributed by atoms with E-state index in [-0.39, 0.29) is 3.79 Å². The molecule has 0 unspecified atom stereocenters. The van der Waals surface area contributed by atoms with Gasteiger partial charge in [-0.1, -0.05) is 32.9 Å². The van der Waals surface area contributed by atoms with Crippen LogP contribution in [0.1, 0.15) is 47.8 Å². The third-order valence-corrected chi connectivity index (χ3v) is 3.27. The summed E-state index contributed by atoms with van der Waals surface area (Å²) < 4.78 is 0.170. The van der Waals surface area contributed by atoms with Crippen molar-refractivity contribution in [2.24, 2.45) is 0 Å². The molecule has 0 spiro atoms. The molecule has 0 radical (unpaired) electrons. The van der Waals surface area contributed by atoms with Gasteiger partial charge in [-0.05, 0) is 36.0 Å². The first kappa shape index (κ1) is 12.7. The molecule has 0 aromatic heterocycles. The first-order valence-electron chi connectivity index (χ1n) is 5.48. The average Bonchev–Trinajstić information content (AvgIpc) is 2.26. The van der Waals surface area contributed by atoms with E-state index in [1.165, 1.54) is 16.7 Å². The lowest BCUT2D eigenvalue weighted by Gasteiger charge is -2.12. The van der Waals surface area contributed by atoms with Gasteiger partial charge in [0.25, 0.3) is 0 Å². The lowest BCUT2D eigenvalue weighted by Crippen LogP contribution is -2.03. The summed E-state index contributed by atoms with van der Waals surface area (Å²) in [4.78, 5) is 11.6. The second-order valence-electron chi connectivity index (χ2n) is 3.62. The molecule has 0 fully saturated rings. The van der Waals surface area contributed by atoms with Crippen LogP contribution in [-0.4, -0.2) is 3.79 Å². The van der Waals surface area contributed by atoms with Crippen molar-refractivity contribution in [2.45, 2.75) is 40.0 Å². The molecule has 2 heteroatoms. The van der Waals surface area contributed by atoms with Crippen LogP contribution in [0.5, 0.6) is 0 Å². The predicted molar refractivity (Wildman–Crippen MR) is 72.9 cm³/mol. The van der Waals surface area contributed by atoms with Crippen molar-refractivity contribution < 1.29 is 4.79 Å². The Morgan fingerprint density at radius 1 is 1.07 bits per heavy atom. The van der Waals surface area contributed by atoms with Gasteiger partial charge in [0.1, 0.15) is 0 Å². The average molecular weight is 316 g/mol. The van der Waals surface area contributed by atoms with Gasteiger partial charge in [0.15, 0.2) is 0 Å². The van der Waals surface area contributed by atoms with Crippen LogP contribution >= 0.6 is 22.6 Å². The number of hydrogen-bond donors (Lipinski definition) is 0. The number of hydrogen-bond acceptors (Lipinski definition) is 1. The Morgan fingerprint density at radius 2 is 1.53 bits per heavy atom. The van der Waals surface area contributed by atoms with Gasteiger partial charge in [0.2, 0.25) is 3.79 Å². The number of carbonyl (C=O) groups excluding carboxylic acids is 1. The van der Waals surface area contributed by atoms with Gasteiger partial charge in [-0.3, -0.25) is 4.79 Å². The molecular formula is C13H17IO. The van der Waals surface area contributed by atoms with Gasteiger partial charge in [-0.15, -0.1) is 0 Å². The van der Waals surface area contributed by atoms with Crippen LogP contribution in [-0.2, 0) is 19.3 Å². The molecule has 15 heavy (non-hydrogen) atoms. The van der Waals surface area contributed by atoms with E-state index in [1.54, 1.807) is 0 Å². The van der Waals surface area contributed by atoms with E-state index >= 15 is 0 Å². The molecule has 0 aliphatic heterocycles. The smallest absolute Gasteiger partial charge is 0.222 e. The minimum absolute atomic E-state index is 0.170. The summed E-state index contributed by atoms with van der Waals surface area (Å²) in [6, 6.07) is 4.34. The van der Waals surface area contributed by atoms with E-state index in [4.69, 9.17) is 0 Å². The van der Waals surface area contributed by atoms with Crippen LogP contribution in [0, 0.1) is 0 Å². The molecular weight excluding hydrogens is 299 g/mol. The normalized spacial score (nSPS) is 10.4.